The van der Waals surface area contributed by atoms with Crippen LogP contribution in [0.1, 0.15) is 27.0 Å². The summed E-state index contributed by atoms with van der Waals surface area (Å²) < 4.78 is 24.8. The monoisotopic (exact) mass is 499 g/mol. The van der Waals surface area contributed by atoms with Crippen LogP contribution in [0.3, 0.4) is 0 Å². The molecular weight excluding hydrogens is 473 g/mol. The van der Waals surface area contributed by atoms with Crippen molar-refractivity contribution in [2.45, 2.75) is 25.7 Å². The molecule has 0 saturated carbocycles. The van der Waals surface area contributed by atoms with Gasteiger partial charge in [0.2, 0.25) is 0 Å². The van der Waals surface area contributed by atoms with E-state index in [1.54, 1.807) is 24.3 Å². The van der Waals surface area contributed by atoms with E-state index in [0.29, 0.717) is 30.1 Å². The van der Waals surface area contributed by atoms with E-state index in [1.807, 2.05) is 54.6 Å². The highest BCUT2D eigenvalue weighted by atomic mass is 19.1. The van der Waals surface area contributed by atoms with Crippen LogP contribution in [0.15, 0.2) is 103 Å². The summed E-state index contributed by atoms with van der Waals surface area (Å²) in [4.78, 5) is 24.2. The summed E-state index contributed by atoms with van der Waals surface area (Å²) in [5.41, 5.74) is 2.91. The number of aliphatic carboxylic acids is 1. The van der Waals surface area contributed by atoms with Gasteiger partial charge in [-0.3, -0.25) is 4.79 Å². The number of hydrogen-bond donors (Lipinski definition) is 2. The van der Waals surface area contributed by atoms with Gasteiger partial charge in [-0.1, -0.05) is 54.6 Å². The van der Waals surface area contributed by atoms with Crippen LogP contribution < -0.4 is 14.8 Å². The lowest BCUT2D eigenvalue weighted by molar-refractivity contribution is -0.139. The van der Waals surface area contributed by atoms with Crippen LogP contribution in [0.4, 0.5) is 4.39 Å². The lowest BCUT2D eigenvalue weighted by atomic mass is 10.1. The topological polar surface area (TPSA) is 84.9 Å². The van der Waals surface area contributed by atoms with E-state index in [1.165, 1.54) is 24.3 Å². The van der Waals surface area contributed by atoms with Crippen LogP contribution in [-0.4, -0.2) is 23.0 Å². The molecule has 4 rings (SSSR count). The molecule has 0 spiro atoms. The van der Waals surface area contributed by atoms with E-state index in [-0.39, 0.29) is 6.42 Å². The molecule has 0 fully saturated rings. The Morgan fingerprint density at radius 2 is 1.38 bits per heavy atom. The summed E-state index contributed by atoms with van der Waals surface area (Å²) in [5.74, 6) is -0.804. The predicted octanol–water partition coefficient (Wildman–Crippen LogP) is 5.41. The van der Waals surface area contributed by atoms with Gasteiger partial charge in [0.1, 0.15) is 36.6 Å². The smallest absolute Gasteiger partial charge is 0.326 e. The van der Waals surface area contributed by atoms with Gasteiger partial charge in [0.05, 0.1) is 0 Å². The van der Waals surface area contributed by atoms with E-state index >= 15 is 0 Å². The number of amides is 1. The largest absolute Gasteiger partial charge is 0.489 e. The minimum absolute atomic E-state index is 0.0384. The van der Waals surface area contributed by atoms with E-state index in [4.69, 9.17) is 9.47 Å². The van der Waals surface area contributed by atoms with Crippen LogP contribution in [0.25, 0.3) is 0 Å². The third-order valence-electron chi connectivity index (χ3n) is 5.63. The Morgan fingerprint density at radius 1 is 0.730 bits per heavy atom. The number of carboxylic acid groups (broad SMARTS) is 1. The number of carbonyl (C=O) groups excluding carboxylic acids is 1. The zero-order valence-corrected chi connectivity index (χ0v) is 20.0. The third-order valence-corrected chi connectivity index (χ3v) is 5.63. The number of benzene rings is 4. The van der Waals surface area contributed by atoms with Gasteiger partial charge in [0.15, 0.2) is 0 Å². The molecule has 2 N–H and O–H groups in total. The quantitative estimate of drug-likeness (QED) is 0.288. The van der Waals surface area contributed by atoms with Crippen molar-refractivity contribution in [3.63, 3.8) is 0 Å². The minimum Gasteiger partial charge on any atom is -0.489 e. The highest BCUT2D eigenvalue weighted by Gasteiger charge is 2.21. The average molecular weight is 500 g/mol. The summed E-state index contributed by atoms with van der Waals surface area (Å²) in [6, 6.07) is 28.3. The molecule has 0 aliphatic rings. The molecule has 4 aromatic rings. The first-order valence-electron chi connectivity index (χ1n) is 11.7. The molecule has 0 bridgehead atoms. The SMILES string of the molecule is O=C(N[C@@H](Cc1ccc(F)cc1)C(=O)O)c1ccc(OCc2cccc(OCc3ccccc3)c2)cc1. The van der Waals surface area contributed by atoms with Gasteiger partial charge in [-0.25, -0.2) is 9.18 Å². The van der Waals surface area contributed by atoms with Gasteiger partial charge in [-0.05, 0) is 65.2 Å². The van der Waals surface area contributed by atoms with Crippen molar-refractivity contribution in [1.29, 1.82) is 0 Å². The van der Waals surface area contributed by atoms with Crippen LogP contribution in [0.5, 0.6) is 11.5 Å². The molecule has 1 amide bonds. The zero-order valence-electron chi connectivity index (χ0n) is 20.0. The number of halogens is 1. The molecule has 7 heteroatoms. The average Bonchev–Trinajstić information content (AvgIpc) is 2.92. The van der Waals surface area contributed by atoms with E-state index in [2.05, 4.69) is 5.32 Å². The van der Waals surface area contributed by atoms with Crippen molar-refractivity contribution in [3.8, 4) is 11.5 Å². The van der Waals surface area contributed by atoms with Crippen LogP contribution in [0.2, 0.25) is 0 Å². The molecule has 1 atom stereocenters. The first-order valence-corrected chi connectivity index (χ1v) is 11.7. The van der Waals surface area contributed by atoms with Crippen molar-refractivity contribution in [1.82, 2.24) is 5.32 Å². The van der Waals surface area contributed by atoms with Crippen molar-refractivity contribution < 1.29 is 28.6 Å². The normalized spacial score (nSPS) is 11.4. The van der Waals surface area contributed by atoms with Gasteiger partial charge in [0, 0.05) is 12.0 Å². The second-order valence-corrected chi connectivity index (χ2v) is 8.43. The highest BCUT2D eigenvalue weighted by molar-refractivity contribution is 5.96. The maximum absolute atomic E-state index is 13.1. The molecule has 37 heavy (non-hydrogen) atoms. The molecule has 0 aromatic heterocycles. The Hall–Kier alpha value is -4.65. The molecule has 0 aliphatic heterocycles. The summed E-state index contributed by atoms with van der Waals surface area (Å²) in [6.45, 7) is 0.786. The number of rotatable bonds is 11. The lowest BCUT2D eigenvalue weighted by Gasteiger charge is -2.15. The van der Waals surface area contributed by atoms with Crippen molar-refractivity contribution >= 4 is 11.9 Å². The van der Waals surface area contributed by atoms with Gasteiger partial charge in [0.25, 0.3) is 5.91 Å². The molecular formula is C30H26FNO5. The summed E-state index contributed by atoms with van der Waals surface area (Å²) in [6.07, 6.45) is 0.0384. The van der Waals surface area contributed by atoms with E-state index in [9.17, 15) is 19.1 Å². The van der Waals surface area contributed by atoms with Crippen molar-refractivity contribution in [2.75, 3.05) is 0 Å². The third kappa shape index (κ3) is 7.67. The highest BCUT2D eigenvalue weighted by Crippen LogP contribution is 2.19. The van der Waals surface area contributed by atoms with Gasteiger partial charge in [-0.15, -0.1) is 0 Å². The second-order valence-electron chi connectivity index (χ2n) is 8.43. The number of hydrogen-bond acceptors (Lipinski definition) is 4. The van der Waals surface area contributed by atoms with E-state index in [0.717, 1.165) is 16.9 Å². The Morgan fingerprint density at radius 3 is 2.08 bits per heavy atom. The number of carbonyl (C=O) groups is 2. The Kier molecular flexibility index (Phi) is 8.49. The first kappa shape index (κ1) is 25.4. The first-order chi connectivity index (χ1) is 18.0. The van der Waals surface area contributed by atoms with E-state index < -0.39 is 23.7 Å². The minimum atomic E-state index is -1.17. The number of ether oxygens (including phenoxy) is 2. The maximum Gasteiger partial charge on any atom is 0.326 e. The fourth-order valence-corrected chi connectivity index (χ4v) is 3.63. The molecule has 0 unspecified atom stereocenters. The van der Waals surface area contributed by atoms with Crippen LogP contribution in [-0.2, 0) is 24.4 Å². The fourth-order valence-electron chi connectivity index (χ4n) is 3.63. The maximum atomic E-state index is 13.1. The molecule has 4 aromatic carbocycles. The molecule has 0 aliphatic carbocycles. The fraction of sp³-hybridized carbons (Fsp3) is 0.133. The Labute approximate surface area is 214 Å². The number of carboxylic acids is 1. The molecule has 0 saturated heterocycles. The van der Waals surface area contributed by atoms with Crippen LogP contribution >= 0.6 is 0 Å². The summed E-state index contributed by atoms with van der Waals surface area (Å²) in [5, 5.41) is 12.0. The van der Waals surface area contributed by atoms with Crippen molar-refractivity contribution in [2.24, 2.45) is 0 Å². The van der Waals surface area contributed by atoms with Gasteiger partial charge < -0.3 is 19.9 Å². The zero-order chi connectivity index (χ0) is 26.0. The van der Waals surface area contributed by atoms with Crippen LogP contribution in [0, 0.1) is 5.82 Å². The lowest BCUT2D eigenvalue weighted by Crippen LogP contribution is -2.42. The Balaban J connectivity index is 1.30. The predicted molar refractivity (Wildman–Crippen MR) is 137 cm³/mol. The van der Waals surface area contributed by atoms with Gasteiger partial charge in [-0.2, -0.15) is 0 Å². The summed E-state index contributed by atoms with van der Waals surface area (Å²) >= 11 is 0. The van der Waals surface area contributed by atoms with Crippen molar-refractivity contribution in [3.05, 3.63) is 131 Å². The second kappa shape index (κ2) is 12.4. The standard InChI is InChI=1S/C30H26FNO5/c31-25-13-9-21(10-14-25)18-28(30(34)35)32-29(33)24-11-15-26(16-12-24)36-20-23-7-4-8-27(17-23)37-19-22-5-2-1-3-6-22/h1-17,28H,18-20H2,(H,32,33)(H,34,35)/t28-/m0/s1. The molecule has 0 radical (unpaired) electrons. The van der Waals surface area contributed by atoms with Gasteiger partial charge >= 0.3 is 5.97 Å². The molecule has 0 heterocycles. The summed E-state index contributed by atoms with van der Waals surface area (Å²) in [7, 11) is 0. The Bertz CT molecular complexity index is 1320. The molecule has 188 valence electrons. The molecule has 6 nitrogen and oxygen atoms in total. The number of nitrogens with one attached hydrogen (secondary N) is 1.